The second-order valence-corrected chi connectivity index (χ2v) is 2.72. The van der Waals surface area contributed by atoms with Crippen LogP contribution in [0.25, 0.3) is 0 Å². The molecule has 0 fully saturated rings. The van der Waals surface area contributed by atoms with Crippen molar-refractivity contribution < 1.29 is 9.84 Å². The van der Waals surface area contributed by atoms with Gasteiger partial charge in [0.1, 0.15) is 11.8 Å². The maximum Gasteiger partial charge on any atom is 0.142 e. The molecule has 0 aromatic heterocycles. The van der Waals surface area contributed by atoms with Crippen molar-refractivity contribution in [1.82, 2.24) is 0 Å². The Morgan fingerprint density at radius 2 is 2.23 bits per heavy atom. The number of rotatable bonds is 2. The van der Waals surface area contributed by atoms with E-state index >= 15 is 0 Å². The van der Waals surface area contributed by atoms with Gasteiger partial charge in [0.25, 0.3) is 0 Å². The number of benzene rings is 1. The van der Waals surface area contributed by atoms with Crippen LogP contribution in [0, 0.1) is 18.3 Å². The molecule has 68 valence electrons. The summed E-state index contributed by atoms with van der Waals surface area (Å²) in [6.45, 7) is 1.72. The number of methoxy groups -OCH3 is 1. The first-order valence-corrected chi connectivity index (χ1v) is 3.92. The van der Waals surface area contributed by atoms with Crippen LogP contribution in [-0.2, 0) is 6.61 Å². The minimum atomic E-state index is -0.113. The number of hydrogen-bond donors (Lipinski definition) is 1. The van der Waals surface area contributed by atoms with E-state index in [1.165, 1.54) is 7.11 Å². The molecule has 0 heterocycles. The Balaban J connectivity index is 3.38. The lowest BCUT2D eigenvalue weighted by Gasteiger charge is -2.09. The van der Waals surface area contributed by atoms with E-state index in [4.69, 9.17) is 15.1 Å². The molecular formula is C10H11NO2. The van der Waals surface area contributed by atoms with Crippen LogP contribution in [0.4, 0.5) is 0 Å². The number of hydrogen-bond acceptors (Lipinski definition) is 3. The predicted molar refractivity (Wildman–Crippen MR) is 48.4 cm³/mol. The zero-order valence-electron chi connectivity index (χ0n) is 7.66. The van der Waals surface area contributed by atoms with Crippen molar-refractivity contribution in [3.05, 3.63) is 28.8 Å². The molecule has 0 aliphatic heterocycles. The average Bonchev–Trinajstić information content (AvgIpc) is 2.17. The molecule has 13 heavy (non-hydrogen) atoms. The minimum Gasteiger partial charge on any atom is -0.495 e. The fourth-order valence-corrected chi connectivity index (χ4v) is 1.22. The van der Waals surface area contributed by atoms with E-state index < -0.39 is 0 Å². The summed E-state index contributed by atoms with van der Waals surface area (Å²) in [4.78, 5) is 0. The Labute approximate surface area is 77.2 Å². The lowest BCUT2D eigenvalue weighted by atomic mass is 10.0. The van der Waals surface area contributed by atoms with Crippen molar-refractivity contribution in [2.24, 2.45) is 0 Å². The number of aryl methyl sites for hydroxylation is 1. The molecule has 0 aliphatic rings. The maximum atomic E-state index is 8.97. The van der Waals surface area contributed by atoms with Gasteiger partial charge in [-0.2, -0.15) is 5.26 Å². The van der Waals surface area contributed by atoms with E-state index in [1.54, 1.807) is 12.1 Å². The van der Waals surface area contributed by atoms with E-state index in [0.717, 1.165) is 5.56 Å². The van der Waals surface area contributed by atoms with Crippen LogP contribution < -0.4 is 4.74 Å². The summed E-state index contributed by atoms with van der Waals surface area (Å²) >= 11 is 0. The van der Waals surface area contributed by atoms with E-state index in [1.807, 2.05) is 6.92 Å². The minimum absolute atomic E-state index is 0.113. The standard InChI is InChI=1S/C10H11NO2/c1-7-3-4-8(6-12)10(13-2)9(7)5-11/h3-4,12H,6H2,1-2H3. The van der Waals surface area contributed by atoms with Gasteiger partial charge >= 0.3 is 0 Å². The summed E-state index contributed by atoms with van der Waals surface area (Å²) in [6.07, 6.45) is 0. The fraction of sp³-hybridized carbons (Fsp3) is 0.300. The molecule has 1 aromatic carbocycles. The number of ether oxygens (including phenoxy) is 1. The molecule has 0 saturated carbocycles. The molecule has 3 heteroatoms. The molecule has 0 atom stereocenters. The van der Waals surface area contributed by atoms with Gasteiger partial charge < -0.3 is 9.84 Å². The van der Waals surface area contributed by atoms with Crippen LogP contribution in [0.3, 0.4) is 0 Å². The van der Waals surface area contributed by atoms with Crippen molar-refractivity contribution in [2.75, 3.05) is 7.11 Å². The highest BCUT2D eigenvalue weighted by Crippen LogP contribution is 2.25. The highest BCUT2D eigenvalue weighted by molar-refractivity contribution is 5.52. The summed E-state index contributed by atoms with van der Waals surface area (Å²) in [5, 5.41) is 17.8. The Kier molecular flexibility index (Phi) is 2.88. The molecule has 1 rings (SSSR count). The molecule has 0 amide bonds. The molecule has 1 aromatic rings. The van der Waals surface area contributed by atoms with Crippen molar-refractivity contribution in [1.29, 1.82) is 5.26 Å². The molecule has 0 spiro atoms. The largest absolute Gasteiger partial charge is 0.495 e. The van der Waals surface area contributed by atoms with Crippen molar-refractivity contribution in [3.63, 3.8) is 0 Å². The quantitative estimate of drug-likeness (QED) is 0.742. The third-order valence-corrected chi connectivity index (χ3v) is 1.93. The predicted octanol–water partition coefficient (Wildman–Crippen LogP) is 1.37. The molecular weight excluding hydrogens is 166 g/mol. The molecule has 1 N–H and O–H groups in total. The highest BCUT2D eigenvalue weighted by atomic mass is 16.5. The summed E-state index contributed by atoms with van der Waals surface area (Å²) in [6, 6.07) is 5.61. The first-order chi connectivity index (χ1) is 6.24. The van der Waals surface area contributed by atoms with Crippen LogP contribution in [0.2, 0.25) is 0 Å². The summed E-state index contributed by atoms with van der Waals surface area (Å²) < 4.78 is 5.06. The average molecular weight is 177 g/mol. The van der Waals surface area contributed by atoms with E-state index in [2.05, 4.69) is 6.07 Å². The molecule has 3 nitrogen and oxygen atoms in total. The summed E-state index contributed by atoms with van der Waals surface area (Å²) in [5.74, 6) is 0.477. The first-order valence-electron chi connectivity index (χ1n) is 3.92. The van der Waals surface area contributed by atoms with Crippen LogP contribution in [0.1, 0.15) is 16.7 Å². The lowest BCUT2D eigenvalue weighted by molar-refractivity contribution is 0.273. The Hall–Kier alpha value is -1.53. The van der Waals surface area contributed by atoms with Crippen LogP contribution in [-0.4, -0.2) is 12.2 Å². The zero-order chi connectivity index (χ0) is 9.84. The molecule has 0 radical (unpaired) electrons. The SMILES string of the molecule is COc1c(CO)ccc(C)c1C#N. The first kappa shape index (κ1) is 9.56. The number of aliphatic hydroxyl groups is 1. The lowest BCUT2D eigenvalue weighted by Crippen LogP contribution is -1.97. The second-order valence-electron chi connectivity index (χ2n) is 2.72. The van der Waals surface area contributed by atoms with Crippen LogP contribution in [0.5, 0.6) is 5.75 Å². The molecule has 0 saturated heterocycles. The highest BCUT2D eigenvalue weighted by Gasteiger charge is 2.10. The third kappa shape index (κ3) is 1.63. The van der Waals surface area contributed by atoms with Gasteiger partial charge in [0.15, 0.2) is 0 Å². The summed E-state index contributed by atoms with van der Waals surface area (Å²) in [7, 11) is 1.49. The van der Waals surface area contributed by atoms with Crippen LogP contribution >= 0.6 is 0 Å². The Morgan fingerprint density at radius 3 is 2.69 bits per heavy atom. The number of nitrogens with zero attached hydrogens (tertiary/aromatic N) is 1. The maximum absolute atomic E-state index is 8.97. The van der Waals surface area contributed by atoms with Gasteiger partial charge in [-0.1, -0.05) is 12.1 Å². The third-order valence-electron chi connectivity index (χ3n) is 1.93. The smallest absolute Gasteiger partial charge is 0.142 e. The van der Waals surface area contributed by atoms with Gasteiger partial charge in [-0.15, -0.1) is 0 Å². The number of aliphatic hydroxyl groups excluding tert-OH is 1. The molecule has 0 aliphatic carbocycles. The fourth-order valence-electron chi connectivity index (χ4n) is 1.22. The van der Waals surface area contributed by atoms with Gasteiger partial charge in [0.05, 0.1) is 19.3 Å². The monoisotopic (exact) mass is 177 g/mol. The van der Waals surface area contributed by atoms with Gasteiger partial charge in [0.2, 0.25) is 0 Å². The Morgan fingerprint density at radius 1 is 1.54 bits per heavy atom. The van der Waals surface area contributed by atoms with Gasteiger partial charge in [-0.3, -0.25) is 0 Å². The van der Waals surface area contributed by atoms with E-state index in [-0.39, 0.29) is 6.61 Å². The zero-order valence-corrected chi connectivity index (χ0v) is 7.66. The van der Waals surface area contributed by atoms with Crippen molar-refractivity contribution in [3.8, 4) is 11.8 Å². The number of nitriles is 1. The second kappa shape index (κ2) is 3.92. The van der Waals surface area contributed by atoms with E-state index in [0.29, 0.717) is 16.9 Å². The normalized spacial score (nSPS) is 9.38. The van der Waals surface area contributed by atoms with Gasteiger partial charge in [-0.25, -0.2) is 0 Å². The van der Waals surface area contributed by atoms with Crippen molar-refractivity contribution in [2.45, 2.75) is 13.5 Å². The van der Waals surface area contributed by atoms with Gasteiger partial charge in [0, 0.05) is 5.56 Å². The summed E-state index contributed by atoms with van der Waals surface area (Å²) in [5.41, 5.74) is 2.00. The van der Waals surface area contributed by atoms with E-state index in [9.17, 15) is 0 Å². The topological polar surface area (TPSA) is 53.2 Å². The van der Waals surface area contributed by atoms with Crippen LogP contribution in [0.15, 0.2) is 12.1 Å². The van der Waals surface area contributed by atoms with Crippen molar-refractivity contribution >= 4 is 0 Å². The molecule has 0 unspecified atom stereocenters. The Bertz CT molecular complexity index is 353. The van der Waals surface area contributed by atoms with Gasteiger partial charge in [-0.05, 0) is 12.5 Å². The molecule has 0 bridgehead atoms.